The highest BCUT2D eigenvalue weighted by atomic mass is 31.2. The summed E-state index contributed by atoms with van der Waals surface area (Å²) < 4.78 is 32.5. The molecule has 0 aromatic heterocycles. The highest BCUT2D eigenvalue weighted by Crippen LogP contribution is 2.43. The van der Waals surface area contributed by atoms with Gasteiger partial charge >= 0.3 is 19.8 Å². The monoisotopic (exact) mass is 692 g/mol. The Balaban J connectivity index is 4.38. The van der Waals surface area contributed by atoms with Crippen molar-refractivity contribution in [2.45, 2.75) is 180 Å². The van der Waals surface area contributed by atoms with E-state index in [4.69, 9.17) is 19.1 Å². The van der Waals surface area contributed by atoms with Crippen molar-refractivity contribution in [2.75, 3.05) is 26.4 Å². The summed E-state index contributed by atoms with van der Waals surface area (Å²) in [4.78, 5) is 34.7. The quantitative estimate of drug-likeness (QED) is 0.0254. The van der Waals surface area contributed by atoms with Crippen LogP contribution in [0.2, 0.25) is 0 Å². The SMILES string of the molecule is CCCC/C=C\CCCCCCCC(=O)OC[C@H](COP(=O)(O)OC[C@@H](O)CO)OC(=O)CCCCCCCCCCCCCCC. The minimum Gasteiger partial charge on any atom is -0.462 e. The van der Waals surface area contributed by atoms with Gasteiger partial charge in [0.05, 0.1) is 19.8 Å². The molecule has 278 valence electrons. The number of rotatable bonds is 35. The molecule has 1 unspecified atom stereocenters. The maximum atomic E-state index is 12.5. The lowest BCUT2D eigenvalue weighted by Crippen LogP contribution is -2.29. The molecule has 0 aliphatic carbocycles. The van der Waals surface area contributed by atoms with Crippen LogP contribution >= 0.6 is 7.82 Å². The lowest BCUT2D eigenvalue weighted by molar-refractivity contribution is -0.161. The van der Waals surface area contributed by atoms with Crippen LogP contribution in [0.25, 0.3) is 0 Å². The van der Waals surface area contributed by atoms with E-state index in [1.54, 1.807) is 0 Å². The van der Waals surface area contributed by atoms with Crippen LogP contribution in [-0.4, -0.2) is 65.7 Å². The number of aliphatic hydroxyl groups is 2. The van der Waals surface area contributed by atoms with Crippen LogP contribution in [0.15, 0.2) is 12.2 Å². The fourth-order valence-electron chi connectivity index (χ4n) is 4.97. The van der Waals surface area contributed by atoms with E-state index >= 15 is 0 Å². The average molecular weight is 693 g/mol. The second kappa shape index (κ2) is 33.2. The van der Waals surface area contributed by atoms with Crippen molar-refractivity contribution in [2.24, 2.45) is 0 Å². The molecule has 11 heteroatoms. The van der Waals surface area contributed by atoms with E-state index in [1.807, 2.05) is 0 Å². The highest BCUT2D eigenvalue weighted by molar-refractivity contribution is 7.47. The van der Waals surface area contributed by atoms with Gasteiger partial charge in [-0.25, -0.2) is 4.57 Å². The molecule has 0 aromatic carbocycles. The average Bonchev–Trinajstić information content (AvgIpc) is 3.05. The number of hydrogen-bond donors (Lipinski definition) is 3. The van der Waals surface area contributed by atoms with E-state index in [0.29, 0.717) is 12.8 Å². The van der Waals surface area contributed by atoms with Gasteiger partial charge in [0, 0.05) is 12.8 Å². The fraction of sp³-hybridized carbons (Fsp3) is 0.889. The third-order valence-corrected chi connectivity index (χ3v) is 8.87. The molecular formula is C36H69O10P. The lowest BCUT2D eigenvalue weighted by atomic mass is 10.0. The number of aliphatic hydroxyl groups excluding tert-OH is 2. The Bertz CT molecular complexity index is 807. The number of phosphoric ester groups is 1. The fourth-order valence-corrected chi connectivity index (χ4v) is 5.76. The first-order valence-electron chi connectivity index (χ1n) is 18.6. The van der Waals surface area contributed by atoms with E-state index in [0.717, 1.165) is 57.8 Å². The molecule has 10 nitrogen and oxygen atoms in total. The maximum Gasteiger partial charge on any atom is 0.472 e. The van der Waals surface area contributed by atoms with Crippen molar-refractivity contribution < 1.29 is 47.8 Å². The first-order chi connectivity index (χ1) is 22.7. The summed E-state index contributed by atoms with van der Waals surface area (Å²) in [6, 6.07) is 0. The van der Waals surface area contributed by atoms with Crippen LogP contribution in [0, 0.1) is 0 Å². The smallest absolute Gasteiger partial charge is 0.462 e. The number of carbonyl (C=O) groups excluding carboxylic acids is 2. The Hall–Kier alpha value is -1.29. The van der Waals surface area contributed by atoms with E-state index in [2.05, 4.69) is 30.5 Å². The standard InChI is InChI=1S/C36H69O10P/c1-3-5-7-9-11-13-15-16-18-20-22-24-26-28-36(40)46-34(32-45-47(41,42)44-30-33(38)29-37)31-43-35(39)27-25-23-21-19-17-14-12-10-8-6-4-2/h10,12,33-34,37-38H,3-9,11,13-32H2,1-2H3,(H,41,42)/b12-10-/t33-,34+/m0/s1. The summed E-state index contributed by atoms with van der Waals surface area (Å²) in [5.41, 5.74) is 0. The largest absolute Gasteiger partial charge is 0.472 e. The lowest BCUT2D eigenvalue weighted by Gasteiger charge is -2.20. The van der Waals surface area contributed by atoms with E-state index in [-0.39, 0.29) is 19.4 Å². The Morgan fingerprint density at radius 1 is 0.617 bits per heavy atom. The number of unbranched alkanes of at least 4 members (excludes halogenated alkanes) is 19. The number of esters is 2. The molecule has 0 bridgehead atoms. The molecule has 0 saturated heterocycles. The summed E-state index contributed by atoms with van der Waals surface area (Å²) in [5, 5.41) is 18.2. The first kappa shape index (κ1) is 45.7. The predicted octanol–water partition coefficient (Wildman–Crippen LogP) is 8.89. The Morgan fingerprint density at radius 3 is 1.60 bits per heavy atom. The van der Waals surface area contributed by atoms with Gasteiger partial charge in [0.15, 0.2) is 6.10 Å². The Morgan fingerprint density at radius 2 is 1.06 bits per heavy atom. The summed E-state index contributed by atoms with van der Waals surface area (Å²) >= 11 is 0. The zero-order chi connectivity index (χ0) is 34.9. The van der Waals surface area contributed by atoms with Gasteiger partial charge in [-0.15, -0.1) is 0 Å². The van der Waals surface area contributed by atoms with Gasteiger partial charge in [-0.3, -0.25) is 18.6 Å². The minimum atomic E-state index is -4.60. The zero-order valence-electron chi connectivity index (χ0n) is 29.8. The molecule has 0 rings (SSSR count). The first-order valence-corrected chi connectivity index (χ1v) is 20.1. The zero-order valence-corrected chi connectivity index (χ0v) is 30.6. The molecule has 0 spiro atoms. The normalized spacial score (nSPS) is 14.2. The summed E-state index contributed by atoms with van der Waals surface area (Å²) in [6.07, 6.45) is 27.5. The molecule has 3 N–H and O–H groups in total. The van der Waals surface area contributed by atoms with Crippen LogP contribution in [0.1, 0.15) is 168 Å². The Labute approximate surface area is 286 Å². The van der Waals surface area contributed by atoms with Crippen LogP contribution < -0.4 is 0 Å². The molecule has 0 aliphatic rings. The molecule has 3 atom stereocenters. The molecular weight excluding hydrogens is 623 g/mol. The van der Waals surface area contributed by atoms with Gasteiger partial charge in [0.1, 0.15) is 12.7 Å². The molecule has 0 heterocycles. The van der Waals surface area contributed by atoms with Crippen molar-refractivity contribution in [3.63, 3.8) is 0 Å². The van der Waals surface area contributed by atoms with Gasteiger partial charge in [-0.05, 0) is 32.1 Å². The molecule has 0 fully saturated rings. The van der Waals surface area contributed by atoms with Crippen LogP contribution in [0.3, 0.4) is 0 Å². The highest BCUT2D eigenvalue weighted by Gasteiger charge is 2.27. The molecule has 0 amide bonds. The van der Waals surface area contributed by atoms with E-state index in [9.17, 15) is 24.2 Å². The van der Waals surface area contributed by atoms with Crippen molar-refractivity contribution >= 4 is 19.8 Å². The Kier molecular flexibility index (Phi) is 32.3. The second-order valence-electron chi connectivity index (χ2n) is 12.6. The van der Waals surface area contributed by atoms with Crippen LogP contribution in [0.5, 0.6) is 0 Å². The number of phosphoric acid groups is 1. The molecule has 0 aliphatic heterocycles. The number of allylic oxidation sites excluding steroid dienone is 2. The van der Waals surface area contributed by atoms with Crippen molar-refractivity contribution in [3.8, 4) is 0 Å². The number of hydrogen-bond acceptors (Lipinski definition) is 9. The van der Waals surface area contributed by atoms with Gasteiger partial charge in [-0.1, -0.05) is 135 Å². The summed E-state index contributed by atoms with van der Waals surface area (Å²) in [7, 11) is -4.60. The second-order valence-corrected chi connectivity index (χ2v) is 14.1. The summed E-state index contributed by atoms with van der Waals surface area (Å²) in [6.45, 7) is 2.32. The molecule has 0 saturated carbocycles. The molecule has 0 radical (unpaired) electrons. The van der Waals surface area contributed by atoms with Gasteiger partial charge in [-0.2, -0.15) is 0 Å². The van der Waals surface area contributed by atoms with Crippen LogP contribution in [0.4, 0.5) is 0 Å². The molecule has 0 aromatic rings. The number of ether oxygens (including phenoxy) is 2. The van der Waals surface area contributed by atoms with Gasteiger partial charge in [0.2, 0.25) is 0 Å². The van der Waals surface area contributed by atoms with Gasteiger partial charge < -0.3 is 24.6 Å². The maximum absolute atomic E-state index is 12.5. The van der Waals surface area contributed by atoms with Crippen molar-refractivity contribution in [1.82, 2.24) is 0 Å². The topological polar surface area (TPSA) is 149 Å². The van der Waals surface area contributed by atoms with Crippen LogP contribution in [-0.2, 0) is 32.7 Å². The summed E-state index contributed by atoms with van der Waals surface area (Å²) in [5.74, 6) is -0.932. The third-order valence-electron chi connectivity index (χ3n) is 7.92. The van der Waals surface area contributed by atoms with E-state index < -0.39 is 51.8 Å². The van der Waals surface area contributed by atoms with E-state index in [1.165, 1.54) is 70.6 Å². The molecule has 47 heavy (non-hydrogen) atoms. The number of carbonyl (C=O) groups is 2. The third kappa shape index (κ3) is 33.0. The predicted molar refractivity (Wildman–Crippen MR) is 187 cm³/mol. The van der Waals surface area contributed by atoms with Crippen molar-refractivity contribution in [3.05, 3.63) is 12.2 Å². The van der Waals surface area contributed by atoms with Gasteiger partial charge in [0.25, 0.3) is 0 Å². The van der Waals surface area contributed by atoms with Crippen molar-refractivity contribution in [1.29, 1.82) is 0 Å². The minimum absolute atomic E-state index is 0.187.